The molecule has 1 aliphatic carbocycles. The second kappa shape index (κ2) is 2.23. The lowest BCUT2D eigenvalue weighted by Crippen LogP contribution is -2.48. The van der Waals surface area contributed by atoms with Crippen LogP contribution in [-0.2, 0) is 4.79 Å². The Bertz CT molecular complexity index is 172. The van der Waals surface area contributed by atoms with Crippen molar-refractivity contribution in [1.82, 2.24) is 0 Å². The third kappa shape index (κ3) is 1.05. The molecule has 1 rings (SSSR count). The van der Waals surface area contributed by atoms with Gasteiger partial charge in [0.2, 0.25) is 0 Å². The van der Waals surface area contributed by atoms with Crippen LogP contribution in [0.25, 0.3) is 0 Å². The first kappa shape index (κ1) is 8.57. The Labute approximate surface area is 67.6 Å². The van der Waals surface area contributed by atoms with Gasteiger partial charge in [0, 0.05) is 0 Å². The lowest BCUT2D eigenvalue weighted by atomic mass is 9.55. The Morgan fingerprint density at radius 3 is 1.82 bits per heavy atom. The highest BCUT2D eigenvalue weighted by Gasteiger charge is 2.52. The lowest BCUT2D eigenvalue weighted by Gasteiger charge is -2.47. The van der Waals surface area contributed by atoms with Crippen LogP contribution in [0.2, 0.25) is 0 Å². The monoisotopic (exact) mass is 156 g/mol. The van der Waals surface area contributed by atoms with Crippen molar-refractivity contribution in [1.29, 1.82) is 0 Å². The summed E-state index contributed by atoms with van der Waals surface area (Å²) in [6.07, 6.45) is 2.78. The highest BCUT2D eigenvalue weighted by atomic mass is 16.4. The Morgan fingerprint density at radius 1 is 1.36 bits per heavy atom. The summed E-state index contributed by atoms with van der Waals surface area (Å²) in [5, 5.41) is 9.02. The minimum Gasteiger partial charge on any atom is -0.481 e. The van der Waals surface area contributed by atoms with Crippen molar-refractivity contribution in [3.8, 4) is 0 Å². The molecule has 1 fully saturated rings. The normalized spacial score (nSPS) is 22.5. The largest absolute Gasteiger partial charge is 0.481 e. The summed E-state index contributed by atoms with van der Waals surface area (Å²) in [5.41, 5.74) is -0.510. The fraction of sp³-hybridized carbons (Fsp3) is 0.889. The summed E-state index contributed by atoms with van der Waals surface area (Å²) in [6.45, 7) is 6.04. The predicted molar refractivity (Wildman–Crippen MR) is 43.4 cm³/mol. The van der Waals surface area contributed by atoms with Crippen LogP contribution in [0.1, 0.15) is 40.0 Å². The molecule has 1 saturated carbocycles. The van der Waals surface area contributed by atoms with Crippen LogP contribution in [0.15, 0.2) is 0 Å². The molecule has 2 nitrogen and oxygen atoms in total. The second-order valence-electron chi connectivity index (χ2n) is 4.49. The molecule has 0 saturated heterocycles. The number of carboxylic acids is 1. The van der Waals surface area contributed by atoms with Crippen molar-refractivity contribution in [3.63, 3.8) is 0 Å². The molecule has 0 unspecified atom stereocenters. The molecule has 0 spiro atoms. The molecule has 0 aromatic heterocycles. The van der Waals surface area contributed by atoms with E-state index < -0.39 is 11.4 Å². The molecule has 0 radical (unpaired) electrons. The van der Waals surface area contributed by atoms with Crippen LogP contribution < -0.4 is 0 Å². The maximum atomic E-state index is 11.0. The zero-order valence-corrected chi connectivity index (χ0v) is 7.48. The first-order valence-electron chi connectivity index (χ1n) is 4.13. The van der Waals surface area contributed by atoms with Gasteiger partial charge in [-0.2, -0.15) is 0 Å². The summed E-state index contributed by atoms with van der Waals surface area (Å²) in [5.74, 6) is -0.615. The van der Waals surface area contributed by atoms with Crippen LogP contribution in [0, 0.1) is 10.8 Å². The Kier molecular flexibility index (Phi) is 1.73. The van der Waals surface area contributed by atoms with E-state index in [1.165, 1.54) is 0 Å². The van der Waals surface area contributed by atoms with Crippen LogP contribution in [-0.4, -0.2) is 11.1 Å². The summed E-state index contributed by atoms with van der Waals surface area (Å²) in [7, 11) is 0. The van der Waals surface area contributed by atoms with Gasteiger partial charge in [0.25, 0.3) is 0 Å². The molecule has 11 heavy (non-hydrogen) atoms. The van der Waals surface area contributed by atoms with Crippen molar-refractivity contribution in [3.05, 3.63) is 0 Å². The quantitative estimate of drug-likeness (QED) is 0.632. The molecule has 2 heteroatoms. The third-order valence-electron chi connectivity index (χ3n) is 3.05. The van der Waals surface area contributed by atoms with E-state index in [4.69, 9.17) is 5.11 Å². The maximum absolute atomic E-state index is 11.0. The molecule has 0 aromatic rings. The van der Waals surface area contributed by atoms with Gasteiger partial charge in [-0.3, -0.25) is 4.79 Å². The fourth-order valence-electron chi connectivity index (χ4n) is 1.81. The Balaban J connectivity index is 2.85. The van der Waals surface area contributed by atoms with Gasteiger partial charge in [0.05, 0.1) is 5.41 Å². The number of carbonyl (C=O) groups is 1. The Morgan fingerprint density at radius 2 is 1.82 bits per heavy atom. The van der Waals surface area contributed by atoms with Gasteiger partial charge in [0.15, 0.2) is 0 Å². The molecule has 0 atom stereocenters. The molecular weight excluding hydrogens is 140 g/mol. The molecule has 0 bridgehead atoms. The van der Waals surface area contributed by atoms with Gasteiger partial charge in [-0.15, -0.1) is 0 Å². The third-order valence-corrected chi connectivity index (χ3v) is 3.05. The number of carboxylic acid groups (broad SMARTS) is 1. The topological polar surface area (TPSA) is 37.3 Å². The molecule has 0 amide bonds. The Hall–Kier alpha value is -0.530. The highest BCUT2D eigenvalue weighted by molar-refractivity contribution is 5.76. The first-order valence-corrected chi connectivity index (χ1v) is 4.13. The molecule has 0 aliphatic heterocycles. The summed E-state index contributed by atoms with van der Waals surface area (Å²) < 4.78 is 0. The smallest absolute Gasteiger partial charge is 0.310 e. The van der Waals surface area contributed by atoms with Crippen molar-refractivity contribution in [2.24, 2.45) is 10.8 Å². The number of hydrogen-bond donors (Lipinski definition) is 1. The van der Waals surface area contributed by atoms with Crippen molar-refractivity contribution < 1.29 is 9.90 Å². The van der Waals surface area contributed by atoms with E-state index in [2.05, 4.69) is 0 Å². The molecule has 1 N–H and O–H groups in total. The van der Waals surface area contributed by atoms with Crippen LogP contribution in [0.5, 0.6) is 0 Å². The fourth-order valence-corrected chi connectivity index (χ4v) is 1.81. The summed E-state index contributed by atoms with van der Waals surface area (Å²) in [6, 6.07) is 0. The van der Waals surface area contributed by atoms with E-state index >= 15 is 0 Å². The van der Waals surface area contributed by atoms with Gasteiger partial charge in [-0.25, -0.2) is 0 Å². The van der Waals surface area contributed by atoms with Crippen molar-refractivity contribution in [2.45, 2.75) is 40.0 Å². The lowest BCUT2D eigenvalue weighted by molar-refractivity contribution is -0.165. The zero-order valence-electron chi connectivity index (χ0n) is 7.48. The molecular formula is C9H16O2. The van der Waals surface area contributed by atoms with E-state index in [1.807, 2.05) is 20.8 Å². The average Bonchev–Trinajstić information content (AvgIpc) is 1.52. The van der Waals surface area contributed by atoms with Crippen molar-refractivity contribution in [2.75, 3.05) is 0 Å². The van der Waals surface area contributed by atoms with Crippen molar-refractivity contribution >= 4 is 5.97 Å². The molecule has 64 valence electrons. The number of rotatable bonds is 1. The number of aliphatic carboxylic acids is 1. The predicted octanol–water partition coefficient (Wildman–Crippen LogP) is 2.29. The molecule has 1 aliphatic rings. The zero-order chi connectivity index (χ0) is 8.70. The van der Waals surface area contributed by atoms with E-state index in [0.29, 0.717) is 0 Å². The minimum atomic E-state index is -0.615. The summed E-state index contributed by atoms with van der Waals surface area (Å²) >= 11 is 0. The maximum Gasteiger partial charge on any atom is 0.310 e. The average molecular weight is 156 g/mol. The second-order valence-corrected chi connectivity index (χ2v) is 4.49. The van der Waals surface area contributed by atoms with E-state index in [0.717, 1.165) is 19.3 Å². The standard InChI is InChI=1S/C9H16O2/c1-8(2,3)9(7(10)11)5-4-6-9/h4-6H2,1-3H3,(H,10,11). The van der Waals surface area contributed by atoms with Gasteiger partial charge in [-0.05, 0) is 18.3 Å². The first-order chi connectivity index (χ1) is 4.90. The van der Waals surface area contributed by atoms with E-state index in [-0.39, 0.29) is 5.41 Å². The summed E-state index contributed by atoms with van der Waals surface area (Å²) in [4.78, 5) is 11.0. The van der Waals surface area contributed by atoms with E-state index in [1.54, 1.807) is 0 Å². The molecule has 0 heterocycles. The highest BCUT2D eigenvalue weighted by Crippen LogP contribution is 2.53. The van der Waals surface area contributed by atoms with Gasteiger partial charge < -0.3 is 5.11 Å². The SMILES string of the molecule is CC(C)(C)C1(C(=O)O)CCC1. The number of hydrogen-bond acceptors (Lipinski definition) is 1. The van der Waals surface area contributed by atoms with Crippen LogP contribution in [0.4, 0.5) is 0 Å². The van der Waals surface area contributed by atoms with E-state index in [9.17, 15) is 4.79 Å². The van der Waals surface area contributed by atoms with Crippen LogP contribution >= 0.6 is 0 Å². The van der Waals surface area contributed by atoms with Gasteiger partial charge >= 0.3 is 5.97 Å². The molecule has 0 aromatic carbocycles. The van der Waals surface area contributed by atoms with Crippen LogP contribution in [0.3, 0.4) is 0 Å². The van der Waals surface area contributed by atoms with Gasteiger partial charge in [-0.1, -0.05) is 27.2 Å². The minimum absolute atomic E-state index is 0.0862. The van der Waals surface area contributed by atoms with Gasteiger partial charge in [0.1, 0.15) is 0 Å².